The van der Waals surface area contributed by atoms with Crippen LogP contribution in [0.2, 0.25) is 5.02 Å². The second-order valence-electron chi connectivity index (χ2n) is 32.0. The summed E-state index contributed by atoms with van der Waals surface area (Å²) in [4.78, 5) is 178. The average molecular weight is 1560 g/mol. The van der Waals surface area contributed by atoms with Crippen molar-refractivity contribution in [2.45, 2.75) is 237 Å². The molecule has 11 amide bonds. The monoisotopic (exact) mass is 1550 g/mol. The molecule has 2 aromatic rings. The van der Waals surface area contributed by atoms with E-state index in [1.54, 1.807) is 31.2 Å². The first-order valence-corrected chi connectivity index (χ1v) is 39.3. The number of halogens is 5. The van der Waals surface area contributed by atoms with Gasteiger partial charge in [-0.25, -0.2) is 4.39 Å². The number of likely N-dealkylation sites (N-methyl/N-ethyl adjacent to an activating group) is 7. The van der Waals surface area contributed by atoms with E-state index >= 15 is 33.2 Å². The summed E-state index contributed by atoms with van der Waals surface area (Å²) in [6.45, 7) is 10.7. The molecule has 0 bridgehead atoms. The Labute approximate surface area is 645 Å². The lowest BCUT2D eigenvalue weighted by Gasteiger charge is -2.40. The highest BCUT2D eigenvalue weighted by Gasteiger charge is 2.51. The minimum atomic E-state index is -5.03. The van der Waals surface area contributed by atoms with Gasteiger partial charge in [0.2, 0.25) is 65.0 Å². The van der Waals surface area contributed by atoms with Crippen molar-refractivity contribution in [1.29, 1.82) is 0 Å². The number of carbonyl (C=O) groups is 11. The fourth-order valence-corrected chi connectivity index (χ4v) is 15.9. The Morgan fingerprint density at radius 2 is 1.26 bits per heavy atom. The summed E-state index contributed by atoms with van der Waals surface area (Å²) in [7, 11) is 10.1. The molecule has 5 fully saturated rings. The van der Waals surface area contributed by atoms with Gasteiger partial charge in [0.15, 0.2) is 0 Å². The van der Waals surface area contributed by atoms with Gasteiger partial charge in [0.05, 0.1) is 57.3 Å². The first-order chi connectivity index (χ1) is 51.4. The molecular weight excluding hydrogens is 1440 g/mol. The standard InChI is InChI=1S/C79H119ClF4N12O13/c1-14-52(6)70-76(106)90(9)45-68(99)88(7)46-69(100)93(12)65(40-53-24-17-15-18-25-53)74(104)89(8)44-66(97)85-61(31-29-54-28-30-59(60(81)39-54)79(82,83)84)73(103)96-43-58(109-47-55-26-23-27-56(80)38-55)42-63(96)72(102)87-78(32-19-20-33-78)77(107)94(13)64(37-51(4)5)75(105)91(10)57(48-108-49-95-34-21-16-22-35-95)41-67(98)92(11)62(36-50(2)3)71(101)86-70/h23,26-28,30,38-39,50-53,57-58,61-65,70H,14-22,24-25,29,31-37,40-49H2,1-13H3,(H,85,97)(H,86,101)(H,87,102)/t52-,57-,58+,61-,62-,63-,64-,65-,70?/m0/s1. The molecular formula is C79H119ClF4N12O13. The van der Waals surface area contributed by atoms with Gasteiger partial charge in [0.25, 0.3) is 0 Å². The van der Waals surface area contributed by atoms with E-state index in [4.69, 9.17) is 21.1 Å². The molecule has 5 aliphatic rings. The largest absolute Gasteiger partial charge is 0.419 e. The second kappa shape index (κ2) is 40.6. The number of ether oxygens (including phenoxy) is 2. The third-order valence-corrected chi connectivity index (χ3v) is 22.9. The van der Waals surface area contributed by atoms with E-state index in [1.165, 1.54) is 73.8 Å². The van der Waals surface area contributed by atoms with Crippen LogP contribution in [0.15, 0.2) is 42.5 Å². The summed E-state index contributed by atoms with van der Waals surface area (Å²) in [6.07, 6.45) is 2.19. The van der Waals surface area contributed by atoms with E-state index < -0.39 is 162 Å². The van der Waals surface area contributed by atoms with Gasteiger partial charge >= 0.3 is 6.18 Å². The number of nitrogens with one attached hydrogen (secondary N) is 3. The van der Waals surface area contributed by atoms with E-state index in [0.29, 0.717) is 42.0 Å². The first kappa shape index (κ1) is 88.7. The number of carbonyl (C=O) groups excluding carboxylic acids is 11. The summed E-state index contributed by atoms with van der Waals surface area (Å²) in [5.74, 6) is -9.88. The van der Waals surface area contributed by atoms with Crippen LogP contribution in [0, 0.1) is 29.5 Å². The van der Waals surface area contributed by atoms with Gasteiger partial charge in [-0.1, -0.05) is 129 Å². The van der Waals surface area contributed by atoms with Crippen LogP contribution in [0.4, 0.5) is 17.6 Å². The second-order valence-corrected chi connectivity index (χ2v) is 32.5. The van der Waals surface area contributed by atoms with Gasteiger partial charge in [-0.3, -0.25) is 57.6 Å². The Bertz CT molecular complexity index is 3480. The normalized spacial score (nSPS) is 25.6. The van der Waals surface area contributed by atoms with Crippen molar-refractivity contribution in [2.24, 2.45) is 23.7 Å². The number of benzene rings is 2. The number of rotatable bonds is 18. The summed E-state index contributed by atoms with van der Waals surface area (Å²) in [6, 6.07) is 0.478. The van der Waals surface area contributed by atoms with Crippen molar-refractivity contribution < 1.29 is 79.8 Å². The zero-order chi connectivity index (χ0) is 80.4. The quantitative estimate of drug-likeness (QED) is 0.121. The molecule has 9 atom stereocenters. The molecule has 1 spiro atoms. The van der Waals surface area contributed by atoms with Gasteiger partial charge in [-0.15, -0.1) is 0 Å². The highest BCUT2D eigenvalue weighted by Crippen LogP contribution is 2.37. The number of piperidine rings is 1. The topological polar surface area (TPSA) is 271 Å². The van der Waals surface area contributed by atoms with Gasteiger partial charge in [-0.05, 0) is 117 Å². The smallest absolute Gasteiger partial charge is 0.372 e. The van der Waals surface area contributed by atoms with Crippen LogP contribution in [-0.4, -0.2) is 265 Å². The van der Waals surface area contributed by atoms with Crippen molar-refractivity contribution in [3.05, 3.63) is 70.0 Å². The Morgan fingerprint density at radius 1 is 0.633 bits per heavy atom. The predicted molar refractivity (Wildman–Crippen MR) is 403 cm³/mol. The first-order valence-electron chi connectivity index (χ1n) is 39.0. The van der Waals surface area contributed by atoms with E-state index in [1.807, 2.05) is 34.6 Å². The molecule has 3 saturated heterocycles. The Kier molecular flexibility index (Phi) is 33.1. The van der Waals surface area contributed by atoms with Crippen LogP contribution in [-0.2, 0) is 81.4 Å². The Balaban J connectivity index is 1.32. The van der Waals surface area contributed by atoms with Gasteiger partial charge < -0.3 is 64.6 Å². The molecule has 109 heavy (non-hydrogen) atoms. The van der Waals surface area contributed by atoms with E-state index in [9.17, 15) is 37.1 Å². The molecule has 25 nitrogen and oxygen atoms in total. The van der Waals surface area contributed by atoms with Crippen LogP contribution in [0.25, 0.3) is 0 Å². The molecule has 1 unspecified atom stereocenters. The zero-order valence-corrected chi connectivity index (χ0v) is 67.0. The van der Waals surface area contributed by atoms with Crippen LogP contribution in [0.5, 0.6) is 0 Å². The highest BCUT2D eigenvalue weighted by molar-refractivity contribution is 6.30. The number of aryl methyl sites for hydroxylation is 1. The number of fused-ring (bicyclic) bond motifs is 1. The predicted octanol–water partition coefficient (Wildman–Crippen LogP) is 7.67. The van der Waals surface area contributed by atoms with Gasteiger partial charge in [0.1, 0.15) is 47.6 Å². The van der Waals surface area contributed by atoms with E-state index in [2.05, 4.69) is 20.9 Å². The van der Waals surface area contributed by atoms with Crippen LogP contribution >= 0.6 is 11.6 Å². The highest BCUT2D eigenvalue weighted by atomic mass is 35.5. The molecule has 30 heteroatoms. The molecule has 7 rings (SSSR count). The number of nitrogens with zero attached hydrogens (tertiary/aromatic N) is 9. The number of alkyl halides is 3. The SMILES string of the molecule is CC[C@H](C)C1NC(=O)[C@H](CC(C)C)N(C)C(=O)C[C@@H](COCN2CCCCC2)N(C)C(=O)[C@H](CC(C)C)N(C)C(=O)C2(CCCC2)NC(=O)[C@@H]2C[C@@H](OCc3cccc(Cl)c3)CN2C(=O)[C@H](CCc2ccc(C(F)(F)F)c(F)c2)NC(=O)CN(C)C(=O)[C@H](CC2CCCCC2)N(C)C(=O)CN(C)C(=O)CN(C)C1=O. The molecule has 3 N–H and O–H groups in total. The maximum atomic E-state index is 15.8. The lowest BCUT2D eigenvalue weighted by atomic mass is 9.84. The zero-order valence-electron chi connectivity index (χ0n) is 66.2. The maximum Gasteiger partial charge on any atom is 0.419 e. The van der Waals surface area contributed by atoms with Crippen LogP contribution < -0.4 is 16.0 Å². The molecule has 2 aromatic carbocycles. The van der Waals surface area contributed by atoms with E-state index in [0.717, 1.165) is 85.2 Å². The molecule has 2 saturated carbocycles. The fraction of sp³-hybridized carbons (Fsp3) is 0.709. The van der Waals surface area contributed by atoms with Crippen molar-refractivity contribution in [2.75, 3.05) is 102 Å². The van der Waals surface area contributed by atoms with Crippen molar-refractivity contribution in [3.8, 4) is 0 Å². The summed E-state index contributed by atoms with van der Waals surface area (Å²) in [5, 5.41) is 9.16. The minimum absolute atomic E-state index is 0.0198. The lowest BCUT2D eigenvalue weighted by molar-refractivity contribution is -0.153. The van der Waals surface area contributed by atoms with Gasteiger partial charge in [0, 0.05) is 86.8 Å². The molecule has 3 heterocycles. The average Bonchev–Trinajstić information content (AvgIpc) is 1.74. The number of hydrogen-bond acceptors (Lipinski definition) is 14. The lowest BCUT2D eigenvalue weighted by Crippen LogP contribution is -2.64. The summed E-state index contributed by atoms with van der Waals surface area (Å²) < 4.78 is 69.8. The number of hydrogen-bond donors (Lipinski definition) is 3. The minimum Gasteiger partial charge on any atom is -0.372 e. The molecule has 608 valence electrons. The Morgan fingerprint density at radius 3 is 1.88 bits per heavy atom. The molecule has 3 aliphatic heterocycles. The van der Waals surface area contributed by atoms with Crippen molar-refractivity contribution in [3.63, 3.8) is 0 Å². The fourth-order valence-electron chi connectivity index (χ4n) is 15.6. The summed E-state index contributed by atoms with van der Waals surface area (Å²) in [5.41, 5.74) is -2.49. The number of amides is 11. The molecule has 0 aromatic heterocycles. The van der Waals surface area contributed by atoms with Crippen molar-refractivity contribution in [1.82, 2.24) is 60.0 Å². The molecule has 2 aliphatic carbocycles. The third-order valence-electron chi connectivity index (χ3n) is 22.6. The van der Waals surface area contributed by atoms with E-state index in [-0.39, 0.29) is 108 Å². The van der Waals surface area contributed by atoms with Crippen LogP contribution in [0.1, 0.15) is 180 Å². The molecule has 0 radical (unpaired) electrons. The maximum absolute atomic E-state index is 15.8. The Hall–Kier alpha value is -7.50. The summed E-state index contributed by atoms with van der Waals surface area (Å²) >= 11 is 6.37. The van der Waals surface area contributed by atoms with Crippen molar-refractivity contribution >= 4 is 76.6 Å². The number of likely N-dealkylation sites (tertiary alicyclic amines) is 1. The third kappa shape index (κ3) is 24.5. The van der Waals surface area contributed by atoms with Gasteiger partial charge in [-0.2, -0.15) is 13.2 Å². The van der Waals surface area contributed by atoms with Crippen LogP contribution in [0.3, 0.4) is 0 Å².